The predicted octanol–water partition coefficient (Wildman–Crippen LogP) is 5.31. The van der Waals surface area contributed by atoms with Gasteiger partial charge < -0.3 is 15.0 Å². The summed E-state index contributed by atoms with van der Waals surface area (Å²) in [5.41, 5.74) is 1.29. The van der Waals surface area contributed by atoms with Gasteiger partial charge in [0.2, 0.25) is 11.8 Å². The summed E-state index contributed by atoms with van der Waals surface area (Å²) in [4.78, 5) is 28.5. The Morgan fingerprint density at radius 1 is 0.927 bits per heavy atom. The molecule has 8 nitrogen and oxygen atoms in total. The molecule has 2 atom stereocenters. The molecule has 0 saturated heterocycles. The summed E-state index contributed by atoms with van der Waals surface area (Å²) in [6.07, 6.45) is 1.24. The van der Waals surface area contributed by atoms with E-state index < -0.39 is 28.5 Å². The highest BCUT2D eigenvalue weighted by Crippen LogP contribution is 2.27. The van der Waals surface area contributed by atoms with E-state index in [0.717, 1.165) is 16.3 Å². The van der Waals surface area contributed by atoms with Crippen molar-refractivity contribution in [3.8, 4) is 5.75 Å². The maximum Gasteiger partial charge on any atom is 0.264 e. The van der Waals surface area contributed by atoms with Gasteiger partial charge in [-0.25, -0.2) is 8.42 Å². The predicted molar refractivity (Wildman–Crippen MR) is 163 cm³/mol. The van der Waals surface area contributed by atoms with Crippen LogP contribution in [0.4, 0.5) is 5.69 Å². The number of sulfonamides is 1. The van der Waals surface area contributed by atoms with Crippen molar-refractivity contribution in [2.75, 3.05) is 24.0 Å². The first kappa shape index (κ1) is 32.0. The average Bonchev–Trinajstić information content (AvgIpc) is 2.97. The number of ether oxygens (including phenoxy) is 1. The molecule has 0 aliphatic heterocycles. The molecule has 0 aliphatic rings. The van der Waals surface area contributed by atoms with Crippen molar-refractivity contribution < 1.29 is 22.7 Å². The van der Waals surface area contributed by atoms with Gasteiger partial charge in [0.25, 0.3) is 10.0 Å². The molecular weight excluding hydrogens is 562 g/mol. The normalized spacial score (nSPS) is 12.7. The molecule has 1 N–H and O–H groups in total. The van der Waals surface area contributed by atoms with E-state index in [9.17, 15) is 18.0 Å². The van der Waals surface area contributed by atoms with E-state index in [0.29, 0.717) is 23.8 Å². The Bertz CT molecular complexity index is 1380. The molecule has 3 aromatic carbocycles. The van der Waals surface area contributed by atoms with Gasteiger partial charge >= 0.3 is 0 Å². The molecule has 2 unspecified atom stereocenters. The van der Waals surface area contributed by atoms with E-state index in [1.54, 1.807) is 31.2 Å². The molecule has 0 saturated carbocycles. The van der Waals surface area contributed by atoms with E-state index in [1.165, 1.54) is 29.2 Å². The van der Waals surface area contributed by atoms with Crippen LogP contribution >= 0.6 is 11.6 Å². The monoisotopic (exact) mass is 599 g/mol. The first-order valence-corrected chi connectivity index (χ1v) is 15.5. The van der Waals surface area contributed by atoms with E-state index in [4.69, 9.17) is 16.3 Å². The summed E-state index contributed by atoms with van der Waals surface area (Å²) in [5, 5.41) is 3.33. The molecule has 0 spiro atoms. The lowest BCUT2D eigenvalue weighted by Crippen LogP contribution is -2.53. The van der Waals surface area contributed by atoms with Crippen LogP contribution in [0.25, 0.3) is 0 Å². The Morgan fingerprint density at radius 3 is 2.15 bits per heavy atom. The minimum Gasteiger partial charge on any atom is -0.494 e. The Kier molecular flexibility index (Phi) is 11.6. The molecular formula is C31H38ClN3O5S. The fourth-order valence-corrected chi connectivity index (χ4v) is 5.71. The molecule has 10 heteroatoms. The Hall–Kier alpha value is -3.56. The Balaban J connectivity index is 1.98. The quantitative estimate of drug-likeness (QED) is 0.271. The second-order valence-electron chi connectivity index (χ2n) is 9.71. The van der Waals surface area contributed by atoms with Gasteiger partial charge in [0.1, 0.15) is 18.3 Å². The number of hydrogen-bond acceptors (Lipinski definition) is 5. The lowest BCUT2D eigenvalue weighted by molar-refractivity contribution is -0.139. The van der Waals surface area contributed by atoms with Crippen molar-refractivity contribution in [2.24, 2.45) is 0 Å². The van der Waals surface area contributed by atoms with E-state index >= 15 is 0 Å². The first-order chi connectivity index (χ1) is 19.6. The van der Waals surface area contributed by atoms with E-state index in [-0.39, 0.29) is 29.1 Å². The summed E-state index contributed by atoms with van der Waals surface area (Å²) < 4.78 is 34.3. The SMILES string of the molecule is CCOc1ccc(N(CC(=O)N(CCc2ccccc2)C(C)C(=O)NC(C)CC)S(=O)(=O)c2ccc(Cl)cc2)cc1. The Labute approximate surface area is 248 Å². The molecule has 0 radical (unpaired) electrons. The third-order valence-corrected chi connectivity index (χ3v) is 8.81. The van der Waals surface area contributed by atoms with Gasteiger partial charge in [0.05, 0.1) is 17.2 Å². The number of hydrogen-bond donors (Lipinski definition) is 1. The number of carbonyl (C=O) groups is 2. The maximum absolute atomic E-state index is 13.9. The molecule has 3 aromatic rings. The molecule has 0 aromatic heterocycles. The number of carbonyl (C=O) groups excluding carboxylic acids is 2. The van der Waals surface area contributed by atoms with Crippen LogP contribution < -0.4 is 14.4 Å². The van der Waals surface area contributed by atoms with Crippen LogP contribution in [0.1, 0.15) is 39.7 Å². The number of halogens is 1. The molecule has 2 amide bonds. The highest BCUT2D eigenvalue weighted by molar-refractivity contribution is 7.92. The van der Waals surface area contributed by atoms with Gasteiger partial charge in [-0.1, -0.05) is 48.9 Å². The van der Waals surface area contributed by atoms with Crippen LogP contribution in [0.2, 0.25) is 5.02 Å². The van der Waals surface area contributed by atoms with Gasteiger partial charge in [-0.15, -0.1) is 0 Å². The van der Waals surface area contributed by atoms with Crippen molar-refractivity contribution in [3.63, 3.8) is 0 Å². The van der Waals surface area contributed by atoms with Crippen LogP contribution in [0.15, 0.2) is 83.8 Å². The van der Waals surface area contributed by atoms with Crippen LogP contribution in [0, 0.1) is 0 Å². The summed E-state index contributed by atoms with van der Waals surface area (Å²) in [5.74, 6) is -0.223. The van der Waals surface area contributed by atoms with Crippen molar-refractivity contribution in [3.05, 3.63) is 89.4 Å². The van der Waals surface area contributed by atoms with Crippen LogP contribution in [-0.4, -0.2) is 56.9 Å². The standard InChI is InChI=1S/C31H38ClN3O5S/c1-5-23(3)33-31(37)24(4)34(21-20-25-10-8-7-9-11-25)30(36)22-35(27-14-16-28(17-15-27)40-6-2)41(38,39)29-18-12-26(32)13-19-29/h7-19,23-24H,5-6,20-22H2,1-4H3,(H,33,37). The molecule has 0 aliphatic carbocycles. The Morgan fingerprint density at radius 2 is 1.56 bits per heavy atom. The number of anilines is 1. The summed E-state index contributed by atoms with van der Waals surface area (Å²) in [6.45, 7) is 7.56. The number of rotatable bonds is 14. The lowest BCUT2D eigenvalue weighted by atomic mass is 10.1. The van der Waals surface area contributed by atoms with Crippen molar-refractivity contribution in [2.45, 2.75) is 57.5 Å². The topological polar surface area (TPSA) is 96.0 Å². The van der Waals surface area contributed by atoms with Gasteiger partial charge in [-0.05, 0) is 87.7 Å². The zero-order valence-electron chi connectivity index (χ0n) is 23.9. The molecule has 41 heavy (non-hydrogen) atoms. The van der Waals surface area contributed by atoms with E-state index in [2.05, 4.69) is 5.32 Å². The summed E-state index contributed by atoms with van der Waals surface area (Å²) >= 11 is 6.01. The lowest BCUT2D eigenvalue weighted by Gasteiger charge is -2.32. The highest BCUT2D eigenvalue weighted by atomic mass is 35.5. The fourth-order valence-electron chi connectivity index (χ4n) is 4.17. The molecule has 3 rings (SSSR count). The summed E-state index contributed by atoms with van der Waals surface area (Å²) in [7, 11) is -4.17. The third-order valence-electron chi connectivity index (χ3n) is 6.77. The van der Waals surface area contributed by atoms with Gasteiger partial charge in [-0.2, -0.15) is 0 Å². The highest BCUT2D eigenvalue weighted by Gasteiger charge is 2.32. The molecule has 0 heterocycles. The maximum atomic E-state index is 13.9. The zero-order valence-corrected chi connectivity index (χ0v) is 25.5. The second kappa shape index (κ2) is 14.9. The van der Waals surface area contributed by atoms with Gasteiger partial charge in [0, 0.05) is 17.6 Å². The molecule has 0 bridgehead atoms. The van der Waals surface area contributed by atoms with Crippen molar-refractivity contribution >= 4 is 39.1 Å². The molecule has 0 fully saturated rings. The number of nitrogens with zero attached hydrogens (tertiary/aromatic N) is 2. The van der Waals surface area contributed by atoms with Crippen LogP contribution in [0.5, 0.6) is 5.75 Å². The largest absolute Gasteiger partial charge is 0.494 e. The van der Waals surface area contributed by atoms with Crippen LogP contribution in [0.3, 0.4) is 0 Å². The third kappa shape index (κ3) is 8.71. The number of nitrogens with one attached hydrogen (secondary N) is 1. The zero-order chi connectivity index (χ0) is 30.0. The van der Waals surface area contributed by atoms with Crippen molar-refractivity contribution in [1.82, 2.24) is 10.2 Å². The fraction of sp³-hybridized carbons (Fsp3) is 0.355. The minimum absolute atomic E-state index is 0.0121. The average molecular weight is 600 g/mol. The number of amides is 2. The summed E-state index contributed by atoms with van der Waals surface area (Å²) in [6, 6.07) is 21.0. The van der Waals surface area contributed by atoms with Crippen molar-refractivity contribution in [1.29, 1.82) is 0 Å². The van der Waals surface area contributed by atoms with Gasteiger partial charge in [-0.3, -0.25) is 13.9 Å². The second-order valence-corrected chi connectivity index (χ2v) is 12.0. The smallest absolute Gasteiger partial charge is 0.264 e. The minimum atomic E-state index is -4.17. The van der Waals surface area contributed by atoms with E-state index in [1.807, 2.05) is 51.1 Å². The molecule has 220 valence electrons. The van der Waals surface area contributed by atoms with Gasteiger partial charge in [0.15, 0.2) is 0 Å². The van der Waals surface area contributed by atoms with Crippen LogP contribution in [-0.2, 0) is 26.0 Å². The first-order valence-electron chi connectivity index (χ1n) is 13.7. The number of benzene rings is 3.